The molecule has 0 spiro atoms. The maximum absolute atomic E-state index is 12.8. The minimum Gasteiger partial charge on any atom is -0.496 e. The van der Waals surface area contributed by atoms with Gasteiger partial charge in [-0.1, -0.05) is 24.3 Å². The first-order valence-electron chi connectivity index (χ1n) is 9.28. The number of hydrogen-bond acceptors (Lipinski definition) is 4. The number of thiocarbonyl (C=S) groups is 1. The number of benzene rings is 3. The third-order valence-corrected chi connectivity index (χ3v) is 5.50. The molecule has 2 amide bonds. The summed E-state index contributed by atoms with van der Waals surface area (Å²) >= 11 is 7.37. The molecule has 3 aromatic rings. The van der Waals surface area contributed by atoms with Gasteiger partial charge in [-0.15, -0.1) is 0 Å². The number of methoxy groups -OCH3 is 1. The first-order chi connectivity index (χ1) is 14.9. The number of nitrogens with zero attached hydrogens (tertiary/aromatic N) is 1. The summed E-state index contributed by atoms with van der Waals surface area (Å²) in [5.41, 5.74) is 2.35. The predicted octanol–water partition coefficient (Wildman–Crippen LogP) is 4.70. The van der Waals surface area contributed by atoms with E-state index in [0.717, 1.165) is 9.26 Å². The van der Waals surface area contributed by atoms with Gasteiger partial charge in [0.15, 0.2) is 5.11 Å². The second-order valence-corrected chi connectivity index (χ2v) is 8.11. The Morgan fingerprint density at radius 3 is 2.39 bits per heavy atom. The van der Waals surface area contributed by atoms with Gasteiger partial charge >= 0.3 is 0 Å². The minimum absolute atomic E-state index is 0.136. The molecule has 6 nitrogen and oxygen atoms in total. The van der Waals surface area contributed by atoms with Crippen molar-refractivity contribution in [3.63, 3.8) is 0 Å². The van der Waals surface area contributed by atoms with Crippen LogP contribution in [0.1, 0.15) is 20.7 Å². The van der Waals surface area contributed by atoms with Crippen molar-refractivity contribution >= 4 is 63.1 Å². The topological polar surface area (TPSA) is 70.7 Å². The highest BCUT2D eigenvalue weighted by Gasteiger charge is 2.15. The first-order valence-corrected chi connectivity index (χ1v) is 10.8. The minimum atomic E-state index is -0.339. The van der Waals surface area contributed by atoms with Crippen LogP contribution in [0.25, 0.3) is 0 Å². The molecular weight excluding hydrogens is 525 g/mol. The first kappa shape index (κ1) is 22.7. The van der Waals surface area contributed by atoms with Crippen molar-refractivity contribution in [2.45, 2.75) is 0 Å². The number of nitrogens with one attached hydrogen (secondary N) is 2. The highest BCUT2D eigenvalue weighted by Crippen LogP contribution is 2.21. The van der Waals surface area contributed by atoms with E-state index in [4.69, 9.17) is 17.0 Å². The highest BCUT2D eigenvalue weighted by atomic mass is 127. The molecule has 158 valence electrons. The number of para-hydroxylation sites is 1. The molecule has 0 heterocycles. The Kier molecular flexibility index (Phi) is 7.59. The van der Waals surface area contributed by atoms with E-state index in [-0.39, 0.29) is 16.9 Å². The SMILES string of the molecule is COc1ccc(C(=O)NC(=S)Nc2cccc(C(=O)N(C)c3ccccc3)c2)cc1I. The monoisotopic (exact) mass is 545 g/mol. The number of anilines is 2. The zero-order chi connectivity index (χ0) is 22.4. The van der Waals surface area contributed by atoms with Gasteiger partial charge in [-0.05, 0) is 83.3 Å². The second kappa shape index (κ2) is 10.4. The van der Waals surface area contributed by atoms with Gasteiger partial charge in [-0.25, -0.2) is 0 Å². The van der Waals surface area contributed by atoms with Crippen LogP contribution < -0.4 is 20.3 Å². The van der Waals surface area contributed by atoms with Gasteiger partial charge in [0, 0.05) is 29.5 Å². The molecule has 0 saturated carbocycles. The Hall–Kier alpha value is -2.98. The number of rotatable bonds is 5. The summed E-state index contributed by atoms with van der Waals surface area (Å²) in [5, 5.41) is 5.74. The summed E-state index contributed by atoms with van der Waals surface area (Å²) in [4.78, 5) is 26.9. The van der Waals surface area contributed by atoms with Crippen molar-refractivity contribution in [3.8, 4) is 5.75 Å². The van der Waals surface area contributed by atoms with E-state index in [9.17, 15) is 9.59 Å². The molecule has 0 atom stereocenters. The Morgan fingerprint density at radius 2 is 1.71 bits per heavy atom. The summed E-state index contributed by atoms with van der Waals surface area (Å²) < 4.78 is 6.03. The zero-order valence-electron chi connectivity index (χ0n) is 16.9. The van der Waals surface area contributed by atoms with Crippen LogP contribution in [-0.4, -0.2) is 31.1 Å². The molecule has 0 aliphatic rings. The molecule has 0 aliphatic heterocycles. The average Bonchev–Trinajstić information content (AvgIpc) is 2.78. The maximum Gasteiger partial charge on any atom is 0.258 e. The summed E-state index contributed by atoms with van der Waals surface area (Å²) in [6.45, 7) is 0. The Morgan fingerprint density at radius 1 is 0.968 bits per heavy atom. The van der Waals surface area contributed by atoms with Crippen LogP contribution in [0.4, 0.5) is 11.4 Å². The van der Waals surface area contributed by atoms with Gasteiger partial charge in [0.05, 0.1) is 10.7 Å². The molecular formula is C23H20IN3O3S. The average molecular weight is 545 g/mol. The maximum atomic E-state index is 12.8. The lowest BCUT2D eigenvalue weighted by Crippen LogP contribution is -2.34. The van der Waals surface area contributed by atoms with Gasteiger partial charge in [-0.3, -0.25) is 14.9 Å². The van der Waals surface area contributed by atoms with Crippen molar-refractivity contribution in [1.29, 1.82) is 0 Å². The summed E-state index contributed by atoms with van der Waals surface area (Å²) in [5.74, 6) is 0.200. The van der Waals surface area contributed by atoms with Gasteiger partial charge in [0.1, 0.15) is 5.75 Å². The summed E-state index contributed by atoms with van der Waals surface area (Å²) in [6, 6.07) is 21.4. The Bertz CT molecular complexity index is 1120. The number of amides is 2. The molecule has 0 aromatic heterocycles. The number of hydrogen-bond donors (Lipinski definition) is 2. The standard InChI is InChI=1S/C23H20IN3O3S/c1-27(18-9-4-3-5-10-18)22(29)16-7-6-8-17(13-16)25-23(31)26-21(28)15-11-12-20(30-2)19(24)14-15/h3-14H,1-2H3,(H2,25,26,28,31). The van der Waals surface area contributed by atoms with Crippen molar-refractivity contribution < 1.29 is 14.3 Å². The van der Waals surface area contributed by atoms with Crippen molar-refractivity contribution in [2.24, 2.45) is 0 Å². The predicted molar refractivity (Wildman–Crippen MR) is 135 cm³/mol. The number of ether oxygens (including phenoxy) is 1. The van der Waals surface area contributed by atoms with E-state index < -0.39 is 0 Å². The summed E-state index contributed by atoms with van der Waals surface area (Å²) in [6.07, 6.45) is 0. The molecule has 2 N–H and O–H groups in total. The zero-order valence-corrected chi connectivity index (χ0v) is 19.9. The Balaban J connectivity index is 1.66. The van der Waals surface area contributed by atoms with E-state index >= 15 is 0 Å². The molecule has 3 aromatic carbocycles. The van der Waals surface area contributed by atoms with Gasteiger partial charge in [0.2, 0.25) is 0 Å². The number of carbonyl (C=O) groups excluding carboxylic acids is 2. The van der Waals surface area contributed by atoms with Crippen LogP contribution in [0, 0.1) is 3.57 Å². The van der Waals surface area contributed by atoms with E-state index in [1.807, 2.05) is 30.3 Å². The fourth-order valence-corrected chi connectivity index (χ4v) is 3.78. The molecule has 0 aliphatic carbocycles. The molecule has 0 saturated heterocycles. The van der Waals surface area contributed by atoms with Crippen LogP contribution in [0.3, 0.4) is 0 Å². The van der Waals surface area contributed by atoms with Crippen molar-refractivity contribution in [2.75, 3.05) is 24.4 Å². The van der Waals surface area contributed by atoms with E-state index in [1.54, 1.807) is 61.5 Å². The fraction of sp³-hybridized carbons (Fsp3) is 0.0870. The smallest absolute Gasteiger partial charge is 0.258 e. The molecule has 0 bridgehead atoms. The van der Waals surface area contributed by atoms with Crippen molar-refractivity contribution in [3.05, 3.63) is 87.5 Å². The lowest BCUT2D eigenvalue weighted by atomic mass is 10.1. The normalized spacial score (nSPS) is 10.2. The molecule has 0 fully saturated rings. The molecule has 0 unspecified atom stereocenters. The number of carbonyl (C=O) groups is 2. The van der Waals surface area contributed by atoms with Crippen LogP contribution in [-0.2, 0) is 0 Å². The van der Waals surface area contributed by atoms with Crippen LogP contribution in [0.15, 0.2) is 72.8 Å². The third kappa shape index (κ3) is 5.80. The fourth-order valence-electron chi connectivity index (χ4n) is 2.84. The van der Waals surface area contributed by atoms with Gasteiger partial charge in [-0.2, -0.15) is 0 Å². The van der Waals surface area contributed by atoms with Crippen LogP contribution >= 0.6 is 34.8 Å². The van der Waals surface area contributed by atoms with E-state index in [2.05, 4.69) is 33.2 Å². The molecule has 31 heavy (non-hydrogen) atoms. The summed E-state index contributed by atoms with van der Waals surface area (Å²) in [7, 11) is 3.30. The molecule has 8 heteroatoms. The van der Waals surface area contributed by atoms with Gasteiger partial charge in [0.25, 0.3) is 11.8 Å². The van der Waals surface area contributed by atoms with Crippen LogP contribution in [0.5, 0.6) is 5.75 Å². The lowest BCUT2D eigenvalue weighted by molar-refractivity contribution is 0.0974. The third-order valence-electron chi connectivity index (χ3n) is 4.46. The molecule has 0 radical (unpaired) electrons. The largest absolute Gasteiger partial charge is 0.496 e. The second-order valence-electron chi connectivity index (χ2n) is 6.54. The number of halogens is 1. The highest BCUT2D eigenvalue weighted by molar-refractivity contribution is 14.1. The van der Waals surface area contributed by atoms with E-state index in [1.165, 1.54) is 0 Å². The van der Waals surface area contributed by atoms with Crippen molar-refractivity contribution in [1.82, 2.24) is 5.32 Å². The molecule has 3 rings (SSSR count). The van der Waals surface area contributed by atoms with Crippen LogP contribution in [0.2, 0.25) is 0 Å². The van der Waals surface area contributed by atoms with E-state index in [0.29, 0.717) is 22.6 Å². The lowest BCUT2D eigenvalue weighted by Gasteiger charge is -2.18. The Labute approximate surface area is 199 Å². The van der Waals surface area contributed by atoms with Gasteiger partial charge < -0.3 is 15.0 Å². The quantitative estimate of drug-likeness (QED) is 0.360.